The predicted octanol–water partition coefficient (Wildman–Crippen LogP) is 2.64. The Morgan fingerprint density at radius 1 is 1.00 bits per heavy atom. The molecule has 136 valence electrons. The molecule has 1 aromatic heterocycles. The lowest BCUT2D eigenvalue weighted by Crippen LogP contribution is -2.35. The Morgan fingerprint density at radius 3 is 2.60 bits per heavy atom. The molecule has 1 aromatic rings. The molecule has 2 aliphatic heterocycles. The number of rotatable bonds is 4. The van der Waals surface area contributed by atoms with E-state index in [1.165, 1.54) is 32.1 Å². The molecule has 2 saturated heterocycles. The molecule has 25 heavy (non-hydrogen) atoms. The van der Waals surface area contributed by atoms with E-state index >= 15 is 0 Å². The van der Waals surface area contributed by atoms with E-state index in [1.54, 1.807) is 6.33 Å². The van der Waals surface area contributed by atoms with Gasteiger partial charge in [-0.15, -0.1) is 0 Å². The van der Waals surface area contributed by atoms with Gasteiger partial charge in [0.2, 0.25) is 11.8 Å². The van der Waals surface area contributed by atoms with Gasteiger partial charge in [-0.2, -0.15) is 0 Å². The third-order valence-electron chi connectivity index (χ3n) is 5.76. The Hall–Kier alpha value is -1.85. The van der Waals surface area contributed by atoms with Gasteiger partial charge in [0.25, 0.3) is 0 Å². The highest BCUT2D eigenvalue weighted by Crippen LogP contribution is 2.29. The minimum atomic E-state index is 0.0504. The van der Waals surface area contributed by atoms with Crippen LogP contribution >= 0.6 is 0 Å². The maximum Gasteiger partial charge on any atom is 0.225 e. The molecule has 1 amide bonds. The lowest BCUT2D eigenvalue weighted by atomic mass is 10.1. The van der Waals surface area contributed by atoms with Gasteiger partial charge < -0.3 is 14.5 Å². The van der Waals surface area contributed by atoms with Crippen LogP contribution in [-0.2, 0) is 4.79 Å². The van der Waals surface area contributed by atoms with E-state index < -0.39 is 0 Å². The molecule has 0 spiro atoms. The molecule has 4 rings (SSSR count). The number of aromatic nitrogens is 2. The molecule has 1 saturated carbocycles. The largest absolute Gasteiger partial charge is 0.472 e. The minimum absolute atomic E-state index is 0.0504. The van der Waals surface area contributed by atoms with Crippen LogP contribution in [0, 0.1) is 5.92 Å². The van der Waals surface area contributed by atoms with Crippen molar-refractivity contribution in [1.82, 2.24) is 14.9 Å². The molecule has 1 aliphatic carbocycles. The Bertz CT molecular complexity index is 597. The lowest BCUT2D eigenvalue weighted by Gasteiger charge is -2.27. The van der Waals surface area contributed by atoms with Crippen molar-refractivity contribution in [2.75, 3.05) is 31.1 Å². The van der Waals surface area contributed by atoms with Crippen LogP contribution in [0.3, 0.4) is 0 Å². The maximum absolute atomic E-state index is 12.5. The van der Waals surface area contributed by atoms with E-state index in [-0.39, 0.29) is 12.0 Å². The smallest absolute Gasteiger partial charge is 0.225 e. The Balaban J connectivity index is 1.34. The first-order chi connectivity index (χ1) is 12.3. The average Bonchev–Trinajstić information content (AvgIpc) is 3.34. The SMILES string of the molecule is O=C(C1CCCC1)N1CCC(Oc2cc(N3CCCCC3)ncn2)C1. The van der Waals surface area contributed by atoms with Crippen LogP contribution < -0.4 is 9.64 Å². The summed E-state index contributed by atoms with van der Waals surface area (Å²) < 4.78 is 6.08. The predicted molar refractivity (Wildman–Crippen MR) is 95.7 cm³/mol. The van der Waals surface area contributed by atoms with Gasteiger partial charge in [0.1, 0.15) is 18.2 Å². The van der Waals surface area contributed by atoms with Crippen molar-refractivity contribution in [3.8, 4) is 5.88 Å². The van der Waals surface area contributed by atoms with Gasteiger partial charge in [-0.25, -0.2) is 9.97 Å². The average molecular weight is 344 g/mol. The van der Waals surface area contributed by atoms with Gasteiger partial charge in [-0.3, -0.25) is 4.79 Å². The van der Waals surface area contributed by atoms with Crippen molar-refractivity contribution >= 4 is 11.7 Å². The number of amides is 1. The highest BCUT2D eigenvalue weighted by Gasteiger charge is 2.33. The summed E-state index contributed by atoms with van der Waals surface area (Å²) in [4.78, 5) is 25.5. The Labute approximate surface area is 149 Å². The number of carbonyl (C=O) groups is 1. The summed E-state index contributed by atoms with van der Waals surface area (Å²) in [6, 6.07) is 1.95. The van der Waals surface area contributed by atoms with Crippen LogP contribution in [0.1, 0.15) is 51.4 Å². The van der Waals surface area contributed by atoms with Gasteiger partial charge in [0, 0.05) is 38.0 Å². The third-order valence-corrected chi connectivity index (χ3v) is 5.76. The first kappa shape index (κ1) is 16.6. The zero-order valence-electron chi connectivity index (χ0n) is 14.9. The van der Waals surface area contributed by atoms with Gasteiger partial charge in [-0.1, -0.05) is 12.8 Å². The van der Waals surface area contributed by atoms with Crippen molar-refractivity contribution in [2.24, 2.45) is 5.92 Å². The fourth-order valence-corrected chi connectivity index (χ4v) is 4.32. The molecule has 6 heteroatoms. The highest BCUT2D eigenvalue weighted by molar-refractivity contribution is 5.79. The van der Waals surface area contributed by atoms with Gasteiger partial charge in [0.05, 0.1) is 6.54 Å². The van der Waals surface area contributed by atoms with Crippen LogP contribution in [-0.4, -0.2) is 53.1 Å². The standard InChI is InChI=1S/C19H28N4O2/c24-19(15-6-2-3-7-15)23-11-8-16(13-23)25-18-12-17(20-14-21-18)22-9-4-1-5-10-22/h12,14-16H,1-11,13H2. The first-order valence-corrected chi connectivity index (χ1v) is 9.82. The van der Waals surface area contributed by atoms with Gasteiger partial charge in [-0.05, 0) is 32.1 Å². The second kappa shape index (κ2) is 7.58. The minimum Gasteiger partial charge on any atom is -0.472 e. The highest BCUT2D eigenvalue weighted by atomic mass is 16.5. The van der Waals surface area contributed by atoms with E-state index in [4.69, 9.17) is 4.74 Å². The second-order valence-corrected chi connectivity index (χ2v) is 7.56. The summed E-state index contributed by atoms with van der Waals surface area (Å²) >= 11 is 0. The molecular weight excluding hydrogens is 316 g/mol. The third kappa shape index (κ3) is 3.88. The van der Waals surface area contributed by atoms with E-state index in [2.05, 4.69) is 14.9 Å². The summed E-state index contributed by atoms with van der Waals surface area (Å²) in [5, 5.41) is 0. The van der Waals surface area contributed by atoms with Gasteiger partial charge in [0.15, 0.2) is 0 Å². The molecule has 1 atom stereocenters. The lowest BCUT2D eigenvalue weighted by molar-refractivity contribution is -0.134. The fourth-order valence-electron chi connectivity index (χ4n) is 4.32. The Kier molecular flexibility index (Phi) is 5.04. The first-order valence-electron chi connectivity index (χ1n) is 9.82. The zero-order chi connectivity index (χ0) is 17.1. The summed E-state index contributed by atoms with van der Waals surface area (Å²) in [6.45, 7) is 3.62. The molecule has 1 unspecified atom stereocenters. The Morgan fingerprint density at radius 2 is 1.80 bits per heavy atom. The number of carbonyl (C=O) groups excluding carboxylic acids is 1. The molecule has 3 fully saturated rings. The number of nitrogens with zero attached hydrogens (tertiary/aromatic N) is 4. The zero-order valence-corrected chi connectivity index (χ0v) is 14.9. The molecular formula is C19H28N4O2. The second-order valence-electron chi connectivity index (χ2n) is 7.56. The van der Waals surface area contributed by atoms with Crippen molar-refractivity contribution in [1.29, 1.82) is 0 Å². The van der Waals surface area contributed by atoms with Crippen LogP contribution in [0.4, 0.5) is 5.82 Å². The van der Waals surface area contributed by atoms with Crippen LogP contribution in [0.2, 0.25) is 0 Å². The molecule has 0 N–H and O–H groups in total. The van der Waals surface area contributed by atoms with Crippen molar-refractivity contribution in [3.63, 3.8) is 0 Å². The fraction of sp³-hybridized carbons (Fsp3) is 0.737. The number of anilines is 1. The molecule has 0 aromatic carbocycles. The monoisotopic (exact) mass is 344 g/mol. The number of likely N-dealkylation sites (tertiary alicyclic amines) is 1. The summed E-state index contributed by atoms with van der Waals surface area (Å²) in [7, 11) is 0. The summed E-state index contributed by atoms with van der Waals surface area (Å²) in [5.74, 6) is 2.18. The summed E-state index contributed by atoms with van der Waals surface area (Å²) in [6.07, 6.45) is 10.8. The van der Waals surface area contributed by atoms with Crippen LogP contribution in [0.25, 0.3) is 0 Å². The summed E-state index contributed by atoms with van der Waals surface area (Å²) in [5.41, 5.74) is 0. The van der Waals surface area contributed by atoms with Crippen LogP contribution in [0.5, 0.6) is 5.88 Å². The molecule has 6 nitrogen and oxygen atoms in total. The molecule has 0 bridgehead atoms. The normalized spacial score (nSPS) is 24.7. The quantitative estimate of drug-likeness (QED) is 0.840. The van der Waals surface area contributed by atoms with Crippen molar-refractivity contribution in [2.45, 2.75) is 57.5 Å². The molecule has 3 aliphatic rings. The van der Waals surface area contributed by atoms with Crippen LogP contribution in [0.15, 0.2) is 12.4 Å². The van der Waals surface area contributed by atoms with E-state index in [1.807, 2.05) is 11.0 Å². The maximum atomic E-state index is 12.5. The van der Waals surface area contributed by atoms with E-state index in [9.17, 15) is 4.79 Å². The molecule has 0 radical (unpaired) electrons. The molecule has 3 heterocycles. The van der Waals surface area contributed by atoms with Crippen molar-refractivity contribution < 1.29 is 9.53 Å². The topological polar surface area (TPSA) is 58.6 Å². The number of piperidine rings is 1. The van der Waals surface area contributed by atoms with Crippen molar-refractivity contribution in [3.05, 3.63) is 12.4 Å². The number of hydrogen-bond acceptors (Lipinski definition) is 5. The van der Waals surface area contributed by atoms with E-state index in [0.29, 0.717) is 18.3 Å². The van der Waals surface area contributed by atoms with Gasteiger partial charge >= 0.3 is 0 Å². The number of hydrogen-bond donors (Lipinski definition) is 0. The van der Waals surface area contributed by atoms with E-state index in [0.717, 1.165) is 44.7 Å². The number of ether oxygens (including phenoxy) is 1.